The van der Waals surface area contributed by atoms with E-state index in [4.69, 9.17) is 24.1 Å². The number of rotatable bonds is 10. The van der Waals surface area contributed by atoms with Crippen molar-refractivity contribution in [1.29, 1.82) is 0 Å². The molecule has 0 spiro atoms. The summed E-state index contributed by atoms with van der Waals surface area (Å²) in [6, 6.07) is 26.6. The molecule has 3 aromatic carbocycles. The normalized spacial score (nSPS) is 17.2. The monoisotopic (exact) mass is 494 g/mol. The highest BCUT2D eigenvalue weighted by Gasteiger charge is 2.39. The zero-order chi connectivity index (χ0) is 25.8. The SMILES string of the molecule is COCCO.COc1ccc(C(OCC2CCC(C)O2)(c2ccccc2)c2ccc(OC)cc2)cc1. The minimum Gasteiger partial charge on any atom is -0.497 e. The van der Waals surface area contributed by atoms with Crippen LogP contribution in [0.25, 0.3) is 0 Å². The van der Waals surface area contributed by atoms with Gasteiger partial charge in [-0.25, -0.2) is 0 Å². The quantitative estimate of drug-likeness (QED) is 0.391. The van der Waals surface area contributed by atoms with Crippen LogP contribution in [0, 0.1) is 0 Å². The van der Waals surface area contributed by atoms with Crippen molar-refractivity contribution in [3.05, 3.63) is 95.6 Å². The third kappa shape index (κ3) is 6.86. The van der Waals surface area contributed by atoms with Gasteiger partial charge >= 0.3 is 0 Å². The van der Waals surface area contributed by atoms with E-state index in [1.807, 2.05) is 30.3 Å². The predicted molar refractivity (Wildman–Crippen MR) is 141 cm³/mol. The van der Waals surface area contributed by atoms with Gasteiger partial charge in [-0.1, -0.05) is 54.6 Å². The summed E-state index contributed by atoms with van der Waals surface area (Å²) in [5.74, 6) is 1.63. The van der Waals surface area contributed by atoms with Crippen molar-refractivity contribution in [3.8, 4) is 11.5 Å². The Kier molecular flexibility index (Phi) is 10.8. The summed E-state index contributed by atoms with van der Waals surface area (Å²) >= 11 is 0. The third-order valence-corrected chi connectivity index (χ3v) is 6.27. The Bertz CT molecular complexity index is 954. The summed E-state index contributed by atoms with van der Waals surface area (Å²) in [4.78, 5) is 0. The van der Waals surface area contributed by atoms with E-state index in [0.717, 1.165) is 41.0 Å². The number of methoxy groups -OCH3 is 3. The molecular weight excluding hydrogens is 456 g/mol. The summed E-state index contributed by atoms with van der Waals surface area (Å²) in [6.07, 6.45) is 2.45. The molecule has 0 aliphatic carbocycles. The molecular formula is C30H38O6. The van der Waals surface area contributed by atoms with Gasteiger partial charge in [0, 0.05) is 7.11 Å². The van der Waals surface area contributed by atoms with Crippen molar-refractivity contribution in [2.75, 3.05) is 41.2 Å². The average molecular weight is 495 g/mol. The van der Waals surface area contributed by atoms with E-state index in [0.29, 0.717) is 13.2 Å². The fourth-order valence-electron chi connectivity index (χ4n) is 4.39. The molecule has 0 bridgehead atoms. The molecule has 0 aromatic heterocycles. The van der Waals surface area contributed by atoms with Gasteiger partial charge in [0.25, 0.3) is 0 Å². The predicted octanol–water partition coefficient (Wildman–Crippen LogP) is 5.20. The van der Waals surface area contributed by atoms with Crippen molar-refractivity contribution in [2.45, 2.75) is 37.6 Å². The van der Waals surface area contributed by atoms with E-state index >= 15 is 0 Å². The van der Waals surface area contributed by atoms with Crippen LogP contribution in [0.4, 0.5) is 0 Å². The molecule has 1 fully saturated rings. The van der Waals surface area contributed by atoms with Gasteiger partial charge in [-0.2, -0.15) is 0 Å². The first kappa shape index (κ1) is 27.7. The number of hydrogen-bond acceptors (Lipinski definition) is 6. The van der Waals surface area contributed by atoms with Crippen LogP contribution in [0.3, 0.4) is 0 Å². The van der Waals surface area contributed by atoms with Crippen LogP contribution in [0.2, 0.25) is 0 Å². The Morgan fingerprint density at radius 1 is 0.778 bits per heavy atom. The van der Waals surface area contributed by atoms with Gasteiger partial charge < -0.3 is 28.8 Å². The zero-order valence-corrected chi connectivity index (χ0v) is 21.7. The Hall–Kier alpha value is -2.90. The lowest BCUT2D eigenvalue weighted by Gasteiger charge is -2.37. The molecule has 0 amide bonds. The molecule has 1 aliphatic heterocycles. The maximum Gasteiger partial charge on any atom is 0.143 e. The zero-order valence-electron chi connectivity index (χ0n) is 21.7. The number of hydrogen-bond donors (Lipinski definition) is 1. The maximum absolute atomic E-state index is 7.94. The molecule has 0 radical (unpaired) electrons. The van der Waals surface area contributed by atoms with E-state index in [-0.39, 0.29) is 18.8 Å². The Labute approximate surface area is 214 Å². The topological polar surface area (TPSA) is 66.4 Å². The second-order valence-electron chi connectivity index (χ2n) is 8.68. The van der Waals surface area contributed by atoms with E-state index < -0.39 is 5.60 Å². The fourth-order valence-corrected chi connectivity index (χ4v) is 4.39. The lowest BCUT2D eigenvalue weighted by Crippen LogP contribution is -2.35. The van der Waals surface area contributed by atoms with Crippen LogP contribution in [0.15, 0.2) is 78.9 Å². The smallest absolute Gasteiger partial charge is 0.143 e. The molecule has 194 valence electrons. The van der Waals surface area contributed by atoms with Gasteiger partial charge in [-0.3, -0.25) is 0 Å². The van der Waals surface area contributed by atoms with Crippen LogP contribution in [0.1, 0.15) is 36.5 Å². The van der Waals surface area contributed by atoms with Crippen LogP contribution < -0.4 is 9.47 Å². The highest BCUT2D eigenvalue weighted by molar-refractivity contribution is 5.49. The molecule has 2 atom stereocenters. The minimum absolute atomic E-state index is 0.0922. The largest absolute Gasteiger partial charge is 0.497 e. The van der Waals surface area contributed by atoms with Gasteiger partial charge in [-0.05, 0) is 60.7 Å². The minimum atomic E-state index is -0.783. The summed E-state index contributed by atoms with van der Waals surface area (Å²) in [6.45, 7) is 3.20. The van der Waals surface area contributed by atoms with E-state index in [1.165, 1.54) is 0 Å². The summed E-state index contributed by atoms with van der Waals surface area (Å²) < 4.78 is 28.2. The van der Waals surface area contributed by atoms with Gasteiger partial charge in [0.05, 0.1) is 46.2 Å². The van der Waals surface area contributed by atoms with Crippen molar-refractivity contribution >= 4 is 0 Å². The summed E-state index contributed by atoms with van der Waals surface area (Å²) in [7, 11) is 4.91. The van der Waals surface area contributed by atoms with E-state index in [1.54, 1.807) is 21.3 Å². The molecule has 0 saturated carbocycles. The van der Waals surface area contributed by atoms with Crippen LogP contribution in [-0.2, 0) is 19.8 Å². The van der Waals surface area contributed by atoms with E-state index in [2.05, 4.69) is 60.2 Å². The van der Waals surface area contributed by atoms with Gasteiger partial charge in [0.15, 0.2) is 0 Å². The van der Waals surface area contributed by atoms with Gasteiger partial charge in [0.2, 0.25) is 0 Å². The molecule has 2 unspecified atom stereocenters. The van der Waals surface area contributed by atoms with Crippen molar-refractivity contribution in [2.24, 2.45) is 0 Å². The highest BCUT2D eigenvalue weighted by Crippen LogP contribution is 2.42. The number of aliphatic hydroxyl groups is 1. The molecule has 1 heterocycles. The number of aliphatic hydroxyl groups excluding tert-OH is 1. The second kappa shape index (κ2) is 14.0. The van der Waals surface area contributed by atoms with Crippen LogP contribution in [-0.4, -0.2) is 58.5 Å². The molecule has 3 aromatic rings. The van der Waals surface area contributed by atoms with Crippen molar-refractivity contribution in [1.82, 2.24) is 0 Å². The molecule has 1 saturated heterocycles. The van der Waals surface area contributed by atoms with E-state index in [9.17, 15) is 0 Å². The Balaban J connectivity index is 0.000000658. The molecule has 6 heteroatoms. The summed E-state index contributed by atoms with van der Waals surface area (Å²) in [5.41, 5.74) is 2.36. The molecule has 36 heavy (non-hydrogen) atoms. The number of benzene rings is 3. The van der Waals surface area contributed by atoms with Crippen molar-refractivity contribution in [3.63, 3.8) is 0 Å². The highest BCUT2D eigenvalue weighted by atomic mass is 16.6. The lowest BCUT2D eigenvalue weighted by atomic mass is 9.80. The molecule has 1 N–H and O–H groups in total. The average Bonchev–Trinajstić information content (AvgIpc) is 3.36. The third-order valence-electron chi connectivity index (χ3n) is 6.27. The summed E-state index contributed by atoms with van der Waals surface area (Å²) in [5, 5.41) is 7.94. The van der Waals surface area contributed by atoms with Crippen LogP contribution in [0.5, 0.6) is 11.5 Å². The molecule has 1 aliphatic rings. The maximum atomic E-state index is 7.94. The van der Waals surface area contributed by atoms with Gasteiger partial charge in [0.1, 0.15) is 17.1 Å². The van der Waals surface area contributed by atoms with Crippen molar-refractivity contribution < 1.29 is 28.8 Å². The molecule has 6 nitrogen and oxygen atoms in total. The first-order valence-corrected chi connectivity index (χ1v) is 12.3. The number of ether oxygens (including phenoxy) is 5. The fraction of sp³-hybridized carbons (Fsp3) is 0.400. The van der Waals surface area contributed by atoms with Crippen LogP contribution >= 0.6 is 0 Å². The van der Waals surface area contributed by atoms with Gasteiger partial charge in [-0.15, -0.1) is 0 Å². The first-order chi connectivity index (χ1) is 17.6. The Morgan fingerprint density at radius 2 is 1.31 bits per heavy atom. The lowest BCUT2D eigenvalue weighted by molar-refractivity contribution is -0.0586. The Morgan fingerprint density at radius 3 is 1.69 bits per heavy atom. The second-order valence-corrected chi connectivity index (χ2v) is 8.68. The first-order valence-electron chi connectivity index (χ1n) is 12.3. The molecule has 4 rings (SSSR count). The standard InChI is InChI=1S/C27H30O4.C3H8O2/c1-20-9-14-26(31-20)19-30-27(21-7-5-4-6-8-21,22-10-15-24(28-2)16-11-22)23-12-17-25(29-3)18-13-23;1-5-3-2-4/h4-8,10-13,15-18,20,26H,9,14,19H2,1-3H3;4H,2-3H2,1H3.